The van der Waals surface area contributed by atoms with Crippen LogP contribution in [0, 0.1) is 5.92 Å². The molecule has 0 radical (unpaired) electrons. The van der Waals surface area contributed by atoms with Crippen LogP contribution in [0.3, 0.4) is 0 Å². The smallest absolute Gasteiger partial charge is 0.434 e. The molecule has 2 aromatic heterocycles. The number of likely N-dealkylation sites (tertiary alicyclic amines) is 1. The van der Waals surface area contributed by atoms with Crippen molar-refractivity contribution in [2.45, 2.75) is 31.5 Å². The normalized spacial score (nSPS) is 15.4. The summed E-state index contributed by atoms with van der Waals surface area (Å²) in [4.78, 5) is 29.8. The Balaban J connectivity index is 1.20. The van der Waals surface area contributed by atoms with Gasteiger partial charge >= 0.3 is 12.1 Å². The van der Waals surface area contributed by atoms with Crippen LogP contribution in [0.25, 0.3) is 17.1 Å². The van der Waals surface area contributed by atoms with Crippen LogP contribution in [0.1, 0.15) is 45.9 Å². The zero-order chi connectivity index (χ0) is 29.6. The summed E-state index contributed by atoms with van der Waals surface area (Å²) in [7, 11) is 0. The number of carboxylic acids is 1. The number of para-hydroxylation sites is 1. The summed E-state index contributed by atoms with van der Waals surface area (Å²) in [6.07, 6.45) is -2.33. The number of benzene rings is 2. The van der Waals surface area contributed by atoms with Gasteiger partial charge in [0.25, 0.3) is 0 Å². The van der Waals surface area contributed by atoms with Crippen molar-refractivity contribution in [3.8, 4) is 22.8 Å². The van der Waals surface area contributed by atoms with Gasteiger partial charge in [-0.25, -0.2) is 14.5 Å². The minimum Gasteiger partial charge on any atom is -0.487 e. The van der Waals surface area contributed by atoms with Crippen LogP contribution in [0.2, 0.25) is 5.02 Å². The molecular weight excluding hydrogens is 573 g/mol. The standard InChI is InChI=1S/C30H24ClF3N4O4/c31-23-4-1-3-21(24-5-2-6-25(36-24)38-27(30(32,33)34)22(13-35-38)29(40)41)26(23)42-16-17-7-9-18(10-8-17)20-14-37(15-20)28(39)19-11-12-19/h1-10,13,19-20H,11-12,14-16H2,(H,40,41). The van der Waals surface area contributed by atoms with Gasteiger partial charge in [-0.2, -0.15) is 18.3 Å². The van der Waals surface area contributed by atoms with Gasteiger partial charge in [0, 0.05) is 30.5 Å². The Labute approximate surface area is 243 Å². The van der Waals surface area contributed by atoms with E-state index in [4.69, 9.17) is 16.3 Å². The van der Waals surface area contributed by atoms with Crippen LogP contribution < -0.4 is 4.74 Å². The maximum atomic E-state index is 13.8. The predicted molar refractivity (Wildman–Crippen MR) is 147 cm³/mol. The number of carboxylic acid groups (broad SMARTS) is 1. The van der Waals surface area contributed by atoms with E-state index in [-0.39, 0.29) is 35.0 Å². The summed E-state index contributed by atoms with van der Waals surface area (Å²) < 4.78 is 47.8. The summed E-state index contributed by atoms with van der Waals surface area (Å²) in [5.74, 6) is -0.865. The molecule has 0 atom stereocenters. The maximum absolute atomic E-state index is 13.8. The number of alkyl halides is 3. The first-order chi connectivity index (χ1) is 20.1. The van der Waals surface area contributed by atoms with Crippen molar-refractivity contribution in [3.63, 3.8) is 0 Å². The van der Waals surface area contributed by atoms with Gasteiger partial charge in [-0.1, -0.05) is 48.0 Å². The Hall–Kier alpha value is -4.38. The summed E-state index contributed by atoms with van der Waals surface area (Å²) in [5, 5.41) is 13.2. The van der Waals surface area contributed by atoms with E-state index in [2.05, 4.69) is 10.1 Å². The summed E-state index contributed by atoms with van der Waals surface area (Å²) in [6.45, 7) is 1.65. The molecule has 6 rings (SSSR count). The zero-order valence-corrected chi connectivity index (χ0v) is 22.8. The van der Waals surface area contributed by atoms with E-state index in [9.17, 15) is 27.9 Å². The molecule has 0 spiro atoms. The van der Waals surface area contributed by atoms with Gasteiger partial charge in [-0.15, -0.1) is 0 Å². The lowest BCUT2D eigenvalue weighted by molar-refractivity contribution is -0.143. The fourth-order valence-corrected chi connectivity index (χ4v) is 5.23. The van der Waals surface area contributed by atoms with E-state index in [1.807, 2.05) is 29.2 Å². The topological polar surface area (TPSA) is 97.5 Å². The number of hydrogen-bond donors (Lipinski definition) is 1. The molecule has 2 aromatic carbocycles. The van der Waals surface area contributed by atoms with Crippen molar-refractivity contribution in [1.82, 2.24) is 19.7 Å². The van der Waals surface area contributed by atoms with Crippen molar-refractivity contribution < 1.29 is 32.6 Å². The fourth-order valence-electron chi connectivity index (χ4n) is 5.00. The average molecular weight is 597 g/mol. The van der Waals surface area contributed by atoms with Gasteiger partial charge in [0.05, 0.1) is 16.9 Å². The second-order valence-electron chi connectivity index (χ2n) is 10.4. The number of carbonyl (C=O) groups is 2. The Kier molecular flexibility index (Phi) is 7.14. The first kappa shape index (κ1) is 27.8. The first-order valence-electron chi connectivity index (χ1n) is 13.3. The summed E-state index contributed by atoms with van der Waals surface area (Å²) >= 11 is 6.47. The van der Waals surface area contributed by atoms with E-state index < -0.39 is 23.4 Å². The van der Waals surface area contributed by atoms with Gasteiger partial charge in [-0.3, -0.25) is 4.79 Å². The molecule has 4 aromatic rings. The SMILES string of the molecule is O=C(O)c1cnn(-c2cccc(-c3cccc(Cl)c3OCc3ccc(C4CN(C(=O)C5CC5)C4)cc3)n2)c1C(F)(F)F. The lowest BCUT2D eigenvalue weighted by atomic mass is 9.90. The van der Waals surface area contributed by atoms with Crippen LogP contribution in [-0.2, 0) is 17.6 Å². The predicted octanol–water partition coefficient (Wildman–Crippen LogP) is 6.22. The number of aromatic carboxylic acids is 1. The highest BCUT2D eigenvalue weighted by Crippen LogP contribution is 2.38. The van der Waals surface area contributed by atoms with Crippen LogP contribution in [0.4, 0.5) is 13.2 Å². The molecule has 1 aliphatic heterocycles. The third-order valence-electron chi connectivity index (χ3n) is 7.42. The van der Waals surface area contributed by atoms with E-state index >= 15 is 0 Å². The van der Waals surface area contributed by atoms with E-state index in [0.29, 0.717) is 28.1 Å². The molecule has 3 heterocycles. The van der Waals surface area contributed by atoms with Gasteiger partial charge in [0.2, 0.25) is 5.91 Å². The maximum Gasteiger partial charge on any atom is 0.434 e. The van der Waals surface area contributed by atoms with E-state index in [0.717, 1.165) is 37.1 Å². The third-order valence-corrected chi connectivity index (χ3v) is 7.71. The second-order valence-corrected chi connectivity index (χ2v) is 10.8. The van der Waals surface area contributed by atoms with Crippen molar-refractivity contribution >= 4 is 23.5 Å². The monoisotopic (exact) mass is 596 g/mol. The number of nitrogens with zero attached hydrogens (tertiary/aromatic N) is 4. The molecule has 216 valence electrons. The molecule has 1 N–H and O–H groups in total. The first-order valence-corrected chi connectivity index (χ1v) is 13.6. The molecule has 2 fully saturated rings. The summed E-state index contributed by atoms with van der Waals surface area (Å²) in [6, 6.07) is 17.3. The largest absolute Gasteiger partial charge is 0.487 e. The Morgan fingerprint density at radius 1 is 1.02 bits per heavy atom. The van der Waals surface area contributed by atoms with Crippen LogP contribution in [0.15, 0.2) is 66.9 Å². The van der Waals surface area contributed by atoms with Crippen LogP contribution in [0.5, 0.6) is 5.75 Å². The Bertz CT molecular complexity index is 1660. The number of carbonyl (C=O) groups excluding carboxylic acids is 1. The molecule has 1 amide bonds. The van der Waals surface area contributed by atoms with Crippen LogP contribution in [-0.4, -0.2) is 49.7 Å². The highest BCUT2D eigenvalue weighted by Gasteiger charge is 2.41. The zero-order valence-electron chi connectivity index (χ0n) is 22.0. The molecule has 8 nitrogen and oxygen atoms in total. The highest BCUT2D eigenvalue weighted by molar-refractivity contribution is 6.32. The molecule has 2 aliphatic rings. The summed E-state index contributed by atoms with van der Waals surface area (Å²) in [5.41, 5.74) is 0.319. The average Bonchev–Trinajstić information content (AvgIpc) is 3.68. The van der Waals surface area contributed by atoms with Gasteiger partial charge in [0.15, 0.2) is 11.5 Å². The number of hydrogen-bond acceptors (Lipinski definition) is 5. The van der Waals surface area contributed by atoms with E-state index in [1.165, 1.54) is 12.1 Å². The number of pyridine rings is 1. The van der Waals surface area contributed by atoms with E-state index in [1.54, 1.807) is 24.3 Å². The van der Waals surface area contributed by atoms with Crippen molar-refractivity contribution in [3.05, 3.63) is 94.3 Å². The fraction of sp³-hybridized carbons (Fsp3) is 0.267. The third kappa shape index (κ3) is 5.44. The molecule has 1 saturated carbocycles. The van der Waals surface area contributed by atoms with Crippen molar-refractivity contribution in [1.29, 1.82) is 0 Å². The van der Waals surface area contributed by atoms with Gasteiger partial charge in [-0.05, 0) is 48.2 Å². The molecule has 42 heavy (non-hydrogen) atoms. The van der Waals surface area contributed by atoms with Gasteiger partial charge < -0.3 is 14.7 Å². The van der Waals surface area contributed by atoms with Crippen molar-refractivity contribution in [2.24, 2.45) is 5.92 Å². The number of halogens is 4. The van der Waals surface area contributed by atoms with Crippen molar-refractivity contribution in [2.75, 3.05) is 13.1 Å². The number of ether oxygens (including phenoxy) is 1. The van der Waals surface area contributed by atoms with Gasteiger partial charge in [0.1, 0.15) is 17.9 Å². The van der Waals surface area contributed by atoms with Crippen LogP contribution >= 0.6 is 11.6 Å². The molecule has 1 saturated heterocycles. The second kappa shape index (κ2) is 10.8. The lowest BCUT2D eigenvalue weighted by Gasteiger charge is -2.39. The quantitative estimate of drug-likeness (QED) is 0.259. The molecular formula is C30H24ClF3N4O4. The Morgan fingerprint density at radius 3 is 2.40 bits per heavy atom. The lowest BCUT2D eigenvalue weighted by Crippen LogP contribution is -2.49. The highest BCUT2D eigenvalue weighted by atomic mass is 35.5. The molecule has 12 heteroatoms. The molecule has 0 unspecified atom stereocenters. The Morgan fingerprint density at radius 2 is 1.74 bits per heavy atom. The minimum absolute atomic E-state index is 0.174. The number of aromatic nitrogens is 3. The number of amides is 1. The molecule has 1 aliphatic carbocycles. The minimum atomic E-state index is -4.98. The molecule has 0 bridgehead atoms. The number of rotatable bonds is 8.